The summed E-state index contributed by atoms with van der Waals surface area (Å²) in [6.07, 6.45) is 0. The second kappa shape index (κ2) is 8.94. The normalized spacial score (nSPS) is 11.7. The zero-order valence-corrected chi connectivity index (χ0v) is 17.1. The molecule has 28 heavy (non-hydrogen) atoms. The number of hydrogen-bond acceptors (Lipinski definition) is 2. The van der Waals surface area contributed by atoms with Gasteiger partial charge in [0.2, 0.25) is 0 Å². The fourth-order valence-electron chi connectivity index (χ4n) is 3.26. The van der Waals surface area contributed by atoms with Crippen LogP contribution in [0, 0.1) is 13.8 Å². The molecular weight excluding hydrogens is 370 g/mol. The van der Waals surface area contributed by atoms with Crippen molar-refractivity contribution in [2.24, 2.45) is 0 Å². The number of rotatable bonds is 6. The minimum Gasteiger partial charge on any atom is -0.492 e. The number of ether oxygens (including phenoxy) is 1. The molecule has 3 nitrogen and oxygen atoms in total. The highest BCUT2D eigenvalue weighted by atomic mass is 35.5. The van der Waals surface area contributed by atoms with Crippen molar-refractivity contribution >= 4 is 17.5 Å². The van der Waals surface area contributed by atoms with E-state index in [1.165, 1.54) is 5.56 Å². The average molecular weight is 394 g/mol. The smallest absolute Gasteiger partial charge is 0.252 e. The van der Waals surface area contributed by atoms with Gasteiger partial charge in [0.1, 0.15) is 5.75 Å². The number of halogens is 1. The van der Waals surface area contributed by atoms with Crippen LogP contribution >= 0.6 is 11.6 Å². The van der Waals surface area contributed by atoms with E-state index in [4.69, 9.17) is 16.3 Å². The third-order valence-electron chi connectivity index (χ3n) is 4.64. The van der Waals surface area contributed by atoms with Gasteiger partial charge in [-0.3, -0.25) is 4.79 Å². The Labute approximate surface area is 171 Å². The van der Waals surface area contributed by atoms with Crippen molar-refractivity contribution in [1.82, 2.24) is 5.32 Å². The summed E-state index contributed by atoms with van der Waals surface area (Å²) in [6, 6.07) is 21.1. The number of aryl methyl sites for hydroxylation is 2. The van der Waals surface area contributed by atoms with Crippen molar-refractivity contribution in [2.75, 3.05) is 6.61 Å². The van der Waals surface area contributed by atoms with Crippen molar-refractivity contribution in [2.45, 2.75) is 26.8 Å². The predicted molar refractivity (Wildman–Crippen MR) is 114 cm³/mol. The maximum atomic E-state index is 13.0. The van der Waals surface area contributed by atoms with E-state index in [1.54, 1.807) is 18.2 Å². The van der Waals surface area contributed by atoms with Gasteiger partial charge in [-0.05, 0) is 55.7 Å². The SMILES string of the molecule is CCOc1ccc(C(=O)NC(c2ccccc2)c2ccc(C)cc2C)cc1Cl. The molecule has 0 aromatic heterocycles. The van der Waals surface area contributed by atoms with Crippen LogP contribution in [0.15, 0.2) is 66.7 Å². The largest absolute Gasteiger partial charge is 0.492 e. The lowest BCUT2D eigenvalue weighted by atomic mass is 9.93. The van der Waals surface area contributed by atoms with Gasteiger partial charge in [0.05, 0.1) is 17.7 Å². The molecule has 1 N–H and O–H groups in total. The number of carbonyl (C=O) groups excluding carboxylic acids is 1. The molecule has 1 unspecified atom stereocenters. The van der Waals surface area contributed by atoms with Crippen molar-refractivity contribution in [1.29, 1.82) is 0 Å². The molecule has 144 valence electrons. The summed E-state index contributed by atoms with van der Waals surface area (Å²) >= 11 is 6.26. The lowest BCUT2D eigenvalue weighted by Gasteiger charge is -2.22. The Balaban J connectivity index is 1.93. The number of benzene rings is 3. The molecule has 1 amide bonds. The standard InChI is InChI=1S/C24H24ClNO2/c1-4-28-22-13-11-19(15-21(22)25)24(27)26-23(18-8-6-5-7-9-18)20-12-10-16(2)14-17(20)3/h5-15,23H,4H2,1-3H3,(H,26,27). The maximum absolute atomic E-state index is 13.0. The second-order valence-corrected chi connectivity index (χ2v) is 7.16. The lowest BCUT2D eigenvalue weighted by molar-refractivity contribution is 0.0943. The highest BCUT2D eigenvalue weighted by Crippen LogP contribution is 2.28. The Morgan fingerprint density at radius 2 is 1.79 bits per heavy atom. The monoisotopic (exact) mass is 393 g/mol. The number of carbonyl (C=O) groups is 1. The van der Waals surface area contributed by atoms with E-state index in [-0.39, 0.29) is 11.9 Å². The van der Waals surface area contributed by atoms with Gasteiger partial charge in [0, 0.05) is 5.56 Å². The van der Waals surface area contributed by atoms with Crippen LogP contribution in [0.3, 0.4) is 0 Å². The van der Waals surface area contributed by atoms with Crippen LogP contribution in [-0.2, 0) is 0 Å². The molecule has 1 atom stereocenters. The summed E-state index contributed by atoms with van der Waals surface area (Å²) in [5, 5.41) is 3.59. The molecule has 0 radical (unpaired) electrons. The van der Waals surface area contributed by atoms with Gasteiger partial charge in [0.25, 0.3) is 5.91 Å². The highest BCUT2D eigenvalue weighted by Gasteiger charge is 2.20. The molecule has 0 bridgehead atoms. The van der Waals surface area contributed by atoms with Crippen LogP contribution in [0.2, 0.25) is 5.02 Å². The van der Waals surface area contributed by atoms with Gasteiger partial charge in [-0.15, -0.1) is 0 Å². The topological polar surface area (TPSA) is 38.3 Å². The first-order valence-electron chi connectivity index (χ1n) is 9.35. The molecule has 0 saturated carbocycles. The molecule has 0 spiro atoms. The lowest BCUT2D eigenvalue weighted by Crippen LogP contribution is -2.29. The molecule has 0 aliphatic heterocycles. The van der Waals surface area contributed by atoms with E-state index in [0.717, 1.165) is 16.7 Å². The quantitative estimate of drug-likeness (QED) is 0.568. The van der Waals surface area contributed by atoms with E-state index >= 15 is 0 Å². The van der Waals surface area contributed by atoms with Gasteiger partial charge in [-0.1, -0.05) is 65.7 Å². The Kier molecular flexibility index (Phi) is 6.37. The van der Waals surface area contributed by atoms with Crippen molar-refractivity contribution in [3.05, 3.63) is 99.6 Å². The van der Waals surface area contributed by atoms with Gasteiger partial charge in [-0.2, -0.15) is 0 Å². The number of nitrogens with one attached hydrogen (secondary N) is 1. The maximum Gasteiger partial charge on any atom is 0.252 e. The van der Waals surface area contributed by atoms with E-state index < -0.39 is 0 Å². The zero-order valence-electron chi connectivity index (χ0n) is 16.3. The molecule has 0 fully saturated rings. The molecular formula is C24H24ClNO2. The molecule has 0 heterocycles. The Hall–Kier alpha value is -2.78. The predicted octanol–water partition coefficient (Wildman–Crippen LogP) is 5.87. The summed E-state index contributed by atoms with van der Waals surface area (Å²) in [4.78, 5) is 13.0. The molecule has 0 aliphatic carbocycles. The minimum atomic E-state index is -0.250. The summed E-state index contributed by atoms with van der Waals surface area (Å²) in [5.74, 6) is 0.397. The van der Waals surface area contributed by atoms with Gasteiger partial charge in [-0.25, -0.2) is 0 Å². The summed E-state index contributed by atoms with van der Waals surface area (Å²) in [6.45, 7) is 6.55. The van der Waals surface area contributed by atoms with E-state index in [9.17, 15) is 4.79 Å². The van der Waals surface area contributed by atoms with E-state index in [0.29, 0.717) is 22.9 Å². The van der Waals surface area contributed by atoms with E-state index in [2.05, 4.69) is 37.4 Å². The summed E-state index contributed by atoms with van der Waals surface area (Å²) < 4.78 is 5.45. The Bertz CT molecular complexity index is 970. The van der Waals surface area contributed by atoms with E-state index in [1.807, 2.05) is 37.3 Å². The van der Waals surface area contributed by atoms with Crippen LogP contribution < -0.4 is 10.1 Å². The summed E-state index contributed by atoms with van der Waals surface area (Å²) in [5.41, 5.74) is 4.93. The fraction of sp³-hybridized carbons (Fsp3) is 0.208. The van der Waals surface area contributed by atoms with Gasteiger partial charge >= 0.3 is 0 Å². The number of hydrogen-bond donors (Lipinski definition) is 1. The van der Waals surface area contributed by atoms with Crippen molar-refractivity contribution in [3.63, 3.8) is 0 Å². The fourth-order valence-corrected chi connectivity index (χ4v) is 3.50. The molecule has 4 heteroatoms. The zero-order chi connectivity index (χ0) is 20.1. The molecule has 0 saturated heterocycles. The average Bonchev–Trinajstić information content (AvgIpc) is 2.69. The molecule has 3 rings (SSSR count). The third kappa shape index (κ3) is 4.55. The minimum absolute atomic E-state index is 0.182. The molecule has 3 aromatic carbocycles. The van der Waals surface area contributed by atoms with Crippen LogP contribution in [0.1, 0.15) is 45.6 Å². The highest BCUT2D eigenvalue weighted by molar-refractivity contribution is 6.32. The molecule has 3 aromatic rings. The Morgan fingerprint density at radius 1 is 1.04 bits per heavy atom. The van der Waals surface area contributed by atoms with Gasteiger partial charge < -0.3 is 10.1 Å². The first-order chi connectivity index (χ1) is 13.5. The van der Waals surface area contributed by atoms with Gasteiger partial charge in [0.15, 0.2) is 0 Å². The van der Waals surface area contributed by atoms with Crippen LogP contribution in [-0.4, -0.2) is 12.5 Å². The number of amides is 1. The van der Waals surface area contributed by atoms with Crippen LogP contribution in [0.25, 0.3) is 0 Å². The Morgan fingerprint density at radius 3 is 2.43 bits per heavy atom. The first-order valence-corrected chi connectivity index (χ1v) is 9.72. The van der Waals surface area contributed by atoms with Crippen LogP contribution in [0.5, 0.6) is 5.75 Å². The van der Waals surface area contributed by atoms with Crippen molar-refractivity contribution in [3.8, 4) is 5.75 Å². The molecule has 0 aliphatic rings. The summed E-state index contributed by atoms with van der Waals surface area (Å²) in [7, 11) is 0. The third-order valence-corrected chi connectivity index (χ3v) is 4.93. The van der Waals surface area contributed by atoms with Crippen LogP contribution in [0.4, 0.5) is 0 Å². The van der Waals surface area contributed by atoms with Crippen molar-refractivity contribution < 1.29 is 9.53 Å². The first kappa shape index (κ1) is 20.0. The second-order valence-electron chi connectivity index (χ2n) is 6.76.